The number of amidine groups is 1. The van der Waals surface area contributed by atoms with Crippen LogP contribution in [0.4, 0.5) is 16.4 Å². The lowest BCUT2D eigenvalue weighted by atomic mass is 9.88. The summed E-state index contributed by atoms with van der Waals surface area (Å²) >= 11 is 13.7. The fourth-order valence-electron chi connectivity index (χ4n) is 3.01. The van der Waals surface area contributed by atoms with Gasteiger partial charge < -0.3 is 11.5 Å². The minimum atomic E-state index is 0.315. The number of benzene rings is 1. The lowest BCUT2D eigenvalue weighted by molar-refractivity contribution is 0.648. The summed E-state index contributed by atoms with van der Waals surface area (Å²) < 4.78 is 1.44. The molecule has 4 nitrogen and oxygen atoms in total. The van der Waals surface area contributed by atoms with Crippen molar-refractivity contribution in [3.05, 3.63) is 28.8 Å². The van der Waals surface area contributed by atoms with Crippen LogP contribution in [0.2, 0.25) is 0 Å². The number of nitrogens with two attached hydrogens (primary N) is 2. The van der Waals surface area contributed by atoms with E-state index in [0.717, 1.165) is 29.1 Å². The van der Waals surface area contributed by atoms with Crippen LogP contribution in [-0.2, 0) is 19.4 Å². The van der Waals surface area contributed by atoms with Crippen molar-refractivity contribution in [2.24, 2.45) is 4.99 Å². The Hall–Kier alpha value is -1.43. The molecule has 0 fully saturated rings. The molecular formula is C14H12Cl2N4S. The van der Waals surface area contributed by atoms with E-state index in [0.29, 0.717) is 17.5 Å². The van der Waals surface area contributed by atoms with Gasteiger partial charge >= 0.3 is 0 Å². The van der Waals surface area contributed by atoms with Crippen molar-refractivity contribution < 1.29 is 0 Å². The molecule has 4 rings (SSSR count). The molecule has 0 unspecified atom stereocenters. The van der Waals surface area contributed by atoms with Crippen molar-refractivity contribution in [1.82, 2.24) is 4.42 Å². The highest BCUT2D eigenvalue weighted by Gasteiger charge is 2.29. The molecule has 0 saturated carbocycles. The van der Waals surface area contributed by atoms with Crippen molar-refractivity contribution in [2.75, 3.05) is 11.5 Å². The molecule has 1 aliphatic heterocycles. The van der Waals surface area contributed by atoms with E-state index < -0.39 is 0 Å². The Balaban J connectivity index is 1.96. The molecule has 2 aromatic rings. The summed E-state index contributed by atoms with van der Waals surface area (Å²) in [7, 11) is 0. The van der Waals surface area contributed by atoms with Gasteiger partial charge in [-0.15, -0.1) is 11.3 Å². The number of aliphatic imine (C=N–C) groups is 1. The molecule has 7 heteroatoms. The predicted molar refractivity (Wildman–Crippen MR) is 90.3 cm³/mol. The van der Waals surface area contributed by atoms with Gasteiger partial charge in [-0.25, -0.2) is 4.99 Å². The molecule has 0 saturated heterocycles. The molecule has 1 aromatic heterocycles. The van der Waals surface area contributed by atoms with Crippen molar-refractivity contribution in [3.8, 4) is 10.4 Å². The summed E-state index contributed by atoms with van der Waals surface area (Å²) in [5.41, 5.74) is 18.3. The monoisotopic (exact) mass is 338 g/mol. The fourth-order valence-corrected chi connectivity index (χ4v) is 4.64. The normalized spacial score (nSPS) is 16.1. The number of fused-ring (bicyclic) bond motifs is 5. The predicted octanol–water partition coefficient (Wildman–Crippen LogP) is 3.87. The Labute approximate surface area is 136 Å². The van der Waals surface area contributed by atoms with E-state index in [1.54, 1.807) is 11.3 Å². The molecule has 0 radical (unpaired) electrons. The Bertz CT molecular complexity index is 797. The molecule has 2 aliphatic rings. The number of nitrogens with zero attached hydrogens (tertiary/aromatic N) is 2. The summed E-state index contributed by atoms with van der Waals surface area (Å²) in [5, 5.41) is 1.26. The van der Waals surface area contributed by atoms with Crippen LogP contribution >= 0.6 is 34.7 Å². The first-order valence-electron chi connectivity index (χ1n) is 6.55. The molecule has 0 amide bonds. The van der Waals surface area contributed by atoms with Crippen LogP contribution in [0, 0.1) is 0 Å². The van der Waals surface area contributed by atoms with E-state index >= 15 is 0 Å². The first kappa shape index (κ1) is 13.2. The van der Waals surface area contributed by atoms with Gasteiger partial charge in [-0.3, -0.25) is 4.42 Å². The smallest absolute Gasteiger partial charge is 0.214 e. The first-order chi connectivity index (χ1) is 10.0. The third kappa shape index (κ3) is 1.92. The van der Waals surface area contributed by atoms with Crippen molar-refractivity contribution >= 4 is 56.4 Å². The van der Waals surface area contributed by atoms with E-state index in [1.165, 1.54) is 26.0 Å². The van der Waals surface area contributed by atoms with Gasteiger partial charge in [0.25, 0.3) is 0 Å². The van der Waals surface area contributed by atoms with E-state index in [-0.39, 0.29) is 0 Å². The van der Waals surface area contributed by atoms with Gasteiger partial charge in [0.2, 0.25) is 5.29 Å². The lowest BCUT2D eigenvalue weighted by Crippen LogP contribution is -2.19. The first-order valence-corrected chi connectivity index (χ1v) is 8.08. The van der Waals surface area contributed by atoms with Crippen LogP contribution < -0.4 is 11.5 Å². The fraction of sp³-hybridized carbons (Fsp3) is 0.214. The Morgan fingerprint density at radius 3 is 2.71 bits per heavy atom. The Kier molecular flexibility index (Phi) is 2.86. The summed E-state index contributed by atoms with van der Waals surface area (Å²) in [6.45, 7) is 0.582. The van der Waals surface area contributed by atoms with E-state index in [4.69, 9.17) is 34.8 Å². The minimum Gasteiger partial charge on any atom is -0.399 e. The van der Waals surface area contributed by atoms with Gasteiger partial charge in [0.05, 0.1) is 6.54 Å². The SMILES string of the molecule is Nc1cc(N)c2c(c1)-c1sc3c(c1CC2)CN(Cl)C(Cl)=N3. The van der Waals surface area contributed by atoms with Crippen molar-refractivity contribution in [1.29, 1.82) is 0 Å². The lowest BCUT2D eigenvalue weighted by Gasteiger charge is -2.22. The van der Waals surface area contributed by atoms with E-state index in [2.05, 4.69) is 4.99 Å². The highest BCUT2D eigenvalue weighted by molar-refractivity contribution is 7.19. The zero-order chi connectivity index (χ0) is 14.7. The largest absolute Gasteiger partial charge is 0.399 e. The van der Waals surface area contributed by atoms with Gasteiger partial charge in [0, 0.05) is 33.6 Å². The number of nitrogen functional groups attached to an aromatic ring is 2. The van der Waals surface area contributed by atoms with Crippen molar-refractivity contribution in [2.45, 2.75) is 19.4 Å². The average molecular weight is 339 g/mol. The highest BCUT2D eigenvalue weighted by atomic mass is 35.5. The van der Waals surface area contributed by atoms with Crippen LogP contribution in [0.1, 0.15) is 16.7 Å². The maximum absolute atomic E-state index is 6.11. The Morgan fingerprint density at radius 2 is 1.90 bits per heavy atom. The van der Waals surface area contributed by atoms with Crippen LogP contribution in [0.3, 0.4) is 0 Å². The van der Waals surface area contributed by atoms with Gasteiger partial charge in [-0.05, 0) is 53.3 Å². The molecule has 0 spiro atoms. The van der Waals surface area contributed by atoms with Gasteiger partial charge in [0.15, 0.2) is 0 Å². The summed E-state index contributed by atoms with van der Waals surface area (Å²) in [6, 6.07) is 3.82. The van der Waals surface area contributed by atoms with Crippen LogP contribution in [-0.4, -0.2) is 9.71 Å². The van der Waals surface area contributed by atoms with Gasteiger partial charge in [-0.2, -0.15) is 0 Å². The number of hydrogen-bond acceptors (Lipinski definition) is 5. The second-order valence-electron chi connectivity index (χ2n) is 5.23. The molecule has 1 aliphatic carbocycles. The van der Waals surface area contributed by atoms with Crippen molar-refractivity contribution in [3.63, 3.8) is 0 Å². The number of thiophene rings is 1. The number of rotatable bonds is 0. The summed E-state index contributed by atoms with van der Waals surface area (Å²) in [5.74, 6) is 0. The van der Waals surface area contributed by atoms with Crippen LogP contribution in [0.25, 0.3) is 10.4 Å². The van der Waals surface area contributed by atoms with Gasteiger partial charge in [-0.1, -0.05) is 0 Å². The zero-order valence-electron chi connectivity index (χ0n) is 11.0. The van der Waals surface area contributed by atoms with Crippen LogP contribution in [0.15, 0.2) is 17.1 Å². The number of hydrogen-bond donors (Lipinski definition) is 2. The summed E-state index contributed by atoms with van der Waals surface area (Å²) in [4.78, 5) is 5.58. The molecule has 21 heavy (non-hydrogen) atoms. The second-order valence-corrected chi connectivity index (χ2v) is 6.98. The maximum atomic E-state index is 6.11. The molecule has 0 atom stereocenters. The molecule has 1 aromatic carbocycles. The number of halogens is 2. The summed E-state index contributed by atoms with van der Waals surface area (Å²) in [6.07, 6.45) is 1.86. The van der Waals surface area contributed by atoms with Gasteiger partial charge in [0.1, 0.15) is 5.00 Å². The van der Waals surface area contributed by atoms with Crippen LogP contribution in [0.5, 0.6) is 0 Å². The standard InChI is InChI=1S/C14H12Cl2N4S/c15-14-19-13-10(5-20(14)16)8-2-1-7-9(12(8)21-13)3-6(17)4-11(7)18/h3-4H,1-2,5,17-18H2. The topological polar surface area (TPSA) is 67.6 Å². The highest BCUT2D eigenvalue weighted by Crippen LogP contribution is 2.49. The number of anilines is 2. The quantitative estimate of drug-likeness (QED) is 0.435. The molecular weight excluding hydrogens is 327 g/mol. The average Bonchev–Trinajstić information content (AvgIpc) is 2.77. The van der Waals surface area contributed by atoms with E-state index in [1.807, 2.05) is 12.1 Å². The van der Waals surface area contributed by atoms with E-state index in [9.17, 15) is 0 Å². The molecule has 108 valence electrons. The Morgan fingerprint density at radius 1 is 1.14 bits per heavy atom. The maximum Gasteiger partial charge on any atom is 0.214 e. The minimum absolute atomic E-state index is 0.315. The molecule has 2 heterocycles. The third-order valence-corrected chi connectivity index (χ3v) is 5.82. The molecule has 4 N–H and O–H groups in total. The zero-order valence-corrected chi connectivity index (χ0v) is 13.3. The second kappa shape index (κ2) is 4.53. The molecule has 0 bridgehead atoms. The third-order valence-electron chi connectivity index (χ3n) is 3.96.